The van der Waals surface area contributed by atoms with Crippen LogP contribution in [0.15, 0.2) is 36.4 Å². The van der Waals surface area contributed by atoms with Crippen LogP contribution in [-0.2, 0) is 4.79 Å². The number of ether oxygens (including phenoxy) is 2. The molecule has 0 spiro atoms. The van der Waals surface area contributed by atoms with Gasteiger partial charge < -0.3 is 20.1 Å². The Hall–Kier alpha value is -2.69. The van der Waals surface area contributed by atoms with Gasteiger partial charge in [0.05, 0.1) is 20.8 Å². The molecule has 0 aliphatic carbocycles. The van der Waals surface area contributed by atoms with Gasteiger partial charge in [-0.05, 0) is 43.2 Å². The third-order valence-electron chi connectivity index (χ3n) is 3.47. The highest BCUT2D eigenvalue weighted by atomic mass is 16.5. The van der Waals surface area contributed by atoms with Gasteiger partial charge in [-0.2, -0.15) is 0 Å². The highest BCUT2D eigenvalue weighted by Crippen LogP contribution is 2.32. The molecule has 2 rings (SSSR count). The van der Waals surface area contributed by atoms with Crippen LogP contribution in [0, 0.1) is 13.8 Å². The second-order valence-corrected chi connectivity index (χ2v) is 5.29. The maximum absolute atomic E-state index is 12.1. The molecular formula is C18H22N2O3. The van der Waals surface area contributed by atoms with Gasteiger partial charge in [0.15, 0.2) is 11.5 Å². The molecule has 122 valence electrons. The van der Waals surface area contributed by atoms with E-state index in [2.05, 4.69) is 10.6 Å². The summed E-state index contributed by atoms with van der Waals surface area (Å²) in [6.45, 7) is 4.11. The van der Waals surface area contributed by atoms with Gasteiger partial charge >= 0.3 is 0 Å². The van der Waals surface area contributed by atoms with E-state index >= 15 is 0 Å². The van der Waals surface area contributed by atoms with Crippen molar-refractivity contribution in [1.29, 1.82) is 0 Å². The first kappa shape index (κ1) is 16.7. The maximum Gasteiger partial charge on any atom is 0.243 e. The number of amides is 1. The fourth-order valence-corrected chi connectivity index (χ4v) is 2.27. The zero-order valence-corrected chi connectivity index (χ0v) is 13.9. The first-order valence-electron chi connectivity index (χ1n) is 7.36. The van der Waals surface area contributed by atoms with Gasteiger partial charge in [0, 0.05) is 17.4 Å². The predicted octanol–water partition coefficient (Wildman–Crippen LogP) is 3.37. The number of carbonyl (C=O) groups excluding carboxylic acids is 1. The quantitative estimate of drug-likeness (QED) is 0.858. The SMILES string of the molecule is COc1cc(C)c(NCC(=O)Nc2cccc(C)c2)cc1OC. The van der Waals surface area contributed by atoms with Gasteiger partial charge in [-0.25, -0.2) is 0 Å². The van der Waals surface area contributed by atoms with E-state index in [0.29, 0.717) is 11.5 Å². The van der Waals surface area contributed by atoms with Crippen molar-refractivity contribution >= 4 is 17.3 Å². The number of carbonyl (C=O) groups is 1. The minimum Gasteiger partial charge on any atom is -0.493 e. The number of aryl methyl sites for hydroxylation is 2. The van der Waals surface area contributed by atoms with Crippen LogP contribution < -0.4 is 20.1 Å². The van der Waals surface area contributed by atoms with E-state index in [9.17, 15) is 4.79 Å². The Labute approximate surface area is 136 Å². The highest BCUT2D eigenvalue weighted by molar-refractivity contribution is 5.94. The second-order valence-electron chi connectivity index (χ2n) is 5.29. The first-order valence-corrected chi connectivity index (χ1v) is 7.36. The van der Waals surface area contributed by atoms with Crippen LogP contribution >= 0.6 is 0 Å². The van der Waals surface area contributed by atoms with E-state index in [-0.39, 0.29) is 12.5 Å². The maximum atomic E-state index is 12.1. The van der Waals surface area contributed by atoms with Gasteiger partial charge in [0.25, 0.3) is 0 Å². The minimum absolute atomic E-state index is 0.107. The molecule has 0 radical (unpaired) electrons. The first-order chi connectivity index (χ1) is 11.0. The smallest absolute Gasteiger partial charge is 0.243 e. The van der Waals surface area contributed by atoms with Crippen LogP contribution in [0.2, 0.25) is 0 Å². The number of benzene rings is 2. The lowest BCUT2D eigenvalue weighted by Crippen LogP contribution is -2.22. The number of methoxy groups -OCH3 is 2. The average molecular weight is 314 g/mol. The van der Waals surface area contributed by atoms with Crippen molar-refractivity contribution in [3.05, 3.63) is 47.5 Å². The van der Waals surface area contributed by atoms with Gasteiger partial charge in [0.2, 0.25) is 5.91 Å². The monoisotopic (exact) mass is 314 g/mol. The zero-order chi connectivity index (χ0) is 16.8. The summed E-state index contributed by atoms with van der Waals surface area (Å²) < 4.78 is 10.5. The molecule has 0 aliphatic heterocycles. The van der Waals surface area contributed by atoms with Crippen molar-refractivity contribution < 1.29 is 14.3 Å². The van der Waals surface area contributed by atoms with Crippen LogP contribution in [0.25, 0.3) is 0 Å². The van der Waals surface area contributed by atoms with Crippen molar-refractivity contribution in [1.82, 2.24) is 0 Å². The Balaban J connectivity index is 2.01. The molecule has 2 aromatic rings. The molecule has 2 aromatic carbocycles. The number of rotatable bonds is 6. The molecule has 0 saturated heterocycles. The predicted molar refractivity (Wildman–Crippen MR) is 92.6 cm³/mol. The molecular weight excluding hydrogens is 292 g/mol. The Morgan fingerprint density at radius 3 is 2.39 bits per heavy atom. The van der Waals surface area contributed by atoms with E-state index in [0.717, 1.165) is 22.5 Å². The van der Waals surface area contributed by atoms with Gasteiger partial charge in [-0.15, -0.1) is 0 Å². The third-order valence-corrected chi connectivity index (χ3v) is 3.47. The molecule has 0 unspecified atom stereocenters. The summed E-state index contributed by atoms with van der Waals surface area (Å²) in [5.74, 6) is 1.18. The molecule has 0 atom stereocenters. The molecule has 23 heavy (non-hydrogen) atoms. The Morgan fingerprint density at radius 2 is 1.74 bits per heavy atom. The highest BCUT2D eigenvalue weighted by Gasteiger charge is 2.09. The molecule has 0 bridgehead atoms. The molecule has 0 heterocycles. The summed E-state index contributed by atoms with van der Waals surface area (Å²) in [4.78, 5) is 12.1. The molecule has 0 aliphatic rings. The normalized spacial score (nSPS) is 10.1. The Bertz CT molecular complexity index is 699. The number of hydrogen-bond donors (Lipinski definition) is 2. The van der Waals surface area contributed by atoms with Crippen molar-refractivity contribution in [2.45, 2.75) is 13.8 Å². The Kier molecular flexibility index (Phi) is 5.46. The van der Waals surface area contributed by atoms with E-state index in [1.807, 2.05) is 50.2 Å². The van der Waals surface area contributed by atoms with Crippen molar-refractivity contribution in [2.24, 2.45) is 0 Å². The molecule has 5 heteroatoms. The summed E-state index contributed by atoms with van der Waals surface area (Å²) in [5, 5.41) is 5.99. The molecule has 1 amide bonds. The minimum atomic E-state index is -0.107. The average Bonchev–Trinajstić information content (AvgIpc) is 2.53. The molecule has 5 nitrogen and oxygen atoms in total. The molecule has 2 N–H and O–H groups in total. The lowest BCUT2D eigenvalue weighted by atomic mass is 10.1. The number of anilines is 2. The van der Waals surface area contributed by atoms with E-state index in [4.69, 9.17) is 9.47 Å². The lowest BCUT2D eigenvalue weighted by Gasteiger charge is -2.14. The third kappa shape index (κ3) is 4.39. The molecule has 0 aromatic heterocycles. The van der Waals surface area contributed by atoms with Gasteiger partial charge in [0.1, 0.15) is 0 Å². The van der Waals surface area contributed by atoms with Crippen LogP contribution in [0.5, 0.6) is 11.5 Å². The molecule has 0 fully saturated rings. The lowest BCUT2D eigenvalue weighted by molar-refractivity contribution is -0.114. The fourth-order valence-electron chi connectivity index (χ4n) is 2.27. The van der Waals surface area contributed by atoms with Crippen LogP contribution in [-0.4, -0.2) is 26.7 Å². The number of nitrogens with one attached hydrogen (secondary N) is 2. The summed E-state index contributed by atoms with van der Waals surface area (Å²) >= 11 is 0. The largest absolute Gasteiger partial charge is 0.493 e. The summed E-state index contributed by atoms with van der Waals surface area (Å²) in [6.07, 6.45) is 0. The van der Waals surface area contributed by atoms with Crippen molar-refractivity contribution in [2.75, 3.05) is 31.4 Å². The second kappa shape index (κ2) is 7.54. The van der Waals surface area contributed by atoms with Crippen molar-refractivity contribution in [3.63, 3.8) is 0 Å². The van der Waals surface area contributed by atoms with Crippen LogP contribution in [0.4, 0.5) is 11.4 Å². The summed E-state index contributed by atoms with van der Waals surface area (Å²) in [5.41, 5.74) is 3.71. The zero-order valence-electron chi connectivity index (χ0n) is 13.9. The van der Waals surface area contributed by atoms with Gasteiger partial charge in [-0.1, -0.05) is 12.1 Å². The molecule has 0 saturated carbocycles. The van der Waals surface area contributed by atoms with E-state index < -0.39 is 0 Å². The topological polar surface area (TPSA) is 59.6 Å². The summed E-state index contributed by atoms with van der Waals surface area (Å²) in [7, 11) is 3.18. The van der Waals surface area contributed by atoms with E-state index in [1.54, 1.807) is 14.2 Å². The van der Waals surface area contributed by atoms with E-state index in [1.165, 1.54) is 0 Å². The van der Waals surface area contributed by atoms with Crippen molar-refractivity contribution in [3.8, 4) is 11.5 Å². The Morgan fingerprint density at radius 1 is 1.04 bits per heavy atom. The van der Waals surface area contributed by atoms with Gasteiger partial charge in [-0.3, -0.25) is 4.79 Å². The fraction of sp³-hybridized carbons (Fsp3) is 0.278. The summed E-state index contributed by atoms with van der Waals surface area (Å²) in [6, 6.07) is 11.4. The number of hydrogen-bond acceptors (Lipinski definition) is 4. The standard InChI is InChI=1S/C18H22N2O3/c1-12-6-5-7-14(8-12)20-18(21)11-19-15-10-17(23-4)16(22-3)9-13(15)2/h5-10,19H,11H2,1-4H3,(H,20,21). The van der Waals surface area contributed by atoms with Crippen LogP contribution in [0.1, 0.15) is 11.1 Å². The van der Waals surface area contributed by atoms with Crippen LogP contribution in [0.3, 0.4) is 0 Å².